The Bertz CT molecular complexity index is 1260. The number of nitrogen functional groups attached to an aromatic ring is 1. The summed E-state index contributed by atoms with van der Waals surface area (Å²) in [7, 11) is 0. The first-order valence-electron chi connectivity index (χ1n) is 8.89. The average Bonchev–Trinajstić information content (AvgIpc) is 3.53. The number of ether oxygens (including phenoxy) is 1. The summed E-state index contributed by atoms with van der Waals surface area (Å²) in [6.07, 6.45) is 1.41. The fourth-order valence-electron chi connectivity index (χ4n) is 2.57. The number of aliphatic carboxylic acids is 1. The van der Waals surface area contributed by atoms with E-state index in [0.717, 1.165) is 0 Å². The lowest BCUT2D eigenvalue weighted by molar-refractivity contribution is -0.139. The van der Waals surface area contributed by atoms with Crippen LogP contribution in [0.1, 0.15) is 16.1 Å². The van der Waals surface area contributed by atoms with Crippen molar-refractivity contribution in [2.45, 2.75) is 0 Å². The standard InChI is InChI=1S/C18H14N8O5S/c19-16-17(24-31-23-16)26-15(12-2-1-7-32-12)14(21-25-26)18(29)22-20-8-10-3-5-11(6-4-10)30-9-13(27)28/h1-8H,9H2,(H2,19,23)(H,22,29)(H,27,28)/b20-8+. The second-order valence-electron chi connectivity index (χ2n) is 6.10. The highest BCUT2D eigenvalue weighted by atomic mass is 32.1. The number of hydrogen-bond acceptors (Lipinski definition) is 11. The number of thiophene rings is 1. The zero-order valence-electron chi connectivity index (χ0n) is 16.1. The van der Waals surface area contributed by atoms with Crippen molar-refractivity contribution < 1.29 is 24.1 Å². The first-order chi connectivity index (χ1) is 15.5. The predicted octanol–water partition coefficient (Wildman–Crippen LogP) is 1.19. The number of hydrazone groups is 1. The van der Waals surface area contributed by atoms with Crippen LogP contribution in [0.25, 0.3) is 16.4 Å². The molecule has 1 aromatic carbocycles. The van der Waals surface area contributed by atoms with Crippen molar-refractivity contribution in [3.8, 4) is 22.1 Å². The molecule has 0 fully saturated rings. The van der Waals surface area contributed by atoms with Gasteiger partial charge in [0.15, 0.2) is 12.3 Å². The van der Waals surface area contributed by atoms with E-state index < -0.39 is 18.5 Å². The highest BCUT2D eigenvalue weighted by Gasteiger charge is 2.25. The zero-order valence-corrected chi connectivity index (χ0v) is 16.9. The molecule has 3 heterocycles. The number of amides is 1. The molecule has 0 saturated carbocycles. The molecule has 0 unspecified atom stereocenters. The normalized spacial score (nSPS) is 11.0. The summed E-state index contributed by atoms with van der Waals surface area (Å²) in [5, 5.41) is 29.5. The van der Waals surface area contributed by atoms with E-state index in [9.17, 15) is 9.59 Å². The van der Waals surface area contributed by atoms with Crippen molar-refractivity contribution in [2.75, 3.05) is 12.3 Å². The third-order valence-corrected chi connectivity index (χ3v) is 4.83. The van der Waals surface area contributed by atoms with Crippen molar-refractivity contribution in [1.82, 2.24) is 30.7 Å². The van der Waals surface area contributed by atoms with Crippen molar-refractivity contribution in [2.24, 2.45) is 5.10 Å². The molecule has 162 valence electrons. The second-order valence-corrected chi connectivity index (χ2v) is 7.05. The lowest BCUT2D eigenvalue weighted by Gasteiger charge is -2.03. The molecule has 13 nitrogen and oxygen atoms in total. The van der Waals surface area contributed by atoms with Crippen molar-refractivity contribution >= 4 is 35.2 Å². The van der Waals surface area contributed by atoms with Crippen LogP contribution in [0.2, 0.25) is 0 Å². The Kier molecular flexibility index (Phi) is 5.85. The minimum atomic E-state index is -1.07. The summed E-state index contributed by atoms with van der Waals surface area (Å²) in [6, 6.07) is 10.1. The quantitative estimate of drug-likeness (QED) is 0.258. The number of carboxylic acids is 1. The van der Waals surface area contributed by atoms with Crippen molar-refractivity contribution in [3.63, 3.8) is 0 Å². The summed E-state index contributed by atoms with van der Waals surface area (Å²) in [6.45, 7) is -0.438. The summed E-state index contributed by atoms with van der Waals surface area (Å²) in [5.41, 5.74) is 9.16. The molecule has 0 saturated heterocycles. The van der Waals surface area contributed by atoms with Crippen LogP contribution in [0.3, 0.4) is 0 Å². The van der Waals surface area contributed by atoms with Crippen LogP contribution in [0.4, 0.5) is 5.82 Å². The maximum atomic E-state index is 12.7. The number of nitrogens with zero attached hydrogens (tertiary/aromatic N) is 6. The maximum absolute atomic E-state index is 12.7. The summed E-state index contributed by atoms with van der Waals surface area (Å²) in [5.74, 6) is -1.18. The molecule has 0 bridgehead atoms. The summed E-state index contributed by atoms with van der Waals surface area (Å²) in [4.78, 5) is 23.9. The molecule has 32 heavy (non-hydrogen) atoms. The van der Waals surface area contributed by atoms with Crippen LogP contribution in [-0.4, -0.2) is 55.1 Å². The van der Waals surface area contributed by atoms with Crippen LogP contribution < -0.4 is 15.9 Å². The molecular formula is C18H14N8O5S. The highest BCUT2D eigenvalue weighted by molar-refractivity contribution is 7.13. The third-order valence-electron chi connectivity index (χ3n) is 3.96. The van der Waals surface area contributed by atoms with Gasteiger partial charge in [-0.2, -0.15) is 9.78 Å². The topological polar surface area (TPSA) is 184 Å². The molecule has 0 atom stereocenters. The Morgan fingerprint density at radius 2 is 2.09 bits per heavy atom. The fourth-order valence-corrected chi connectivity index (χ4v) is 3.32. The monoisotopic (exact) mass is 454 g/mol. The minimum Gasteiger partial charge on any atom is -0.482 e. The van der Waals surface area contributed by atoms with Crippen LogP contribution in [0.15, 0.2) is 51.5 Å². The molecule has 0 aliphatic carbocycles. The second kappa shape index (κ2) is 9.05. The molecule has 4 aromatic rings. The van der Waals surface area contributed by atoms with Crippen LogP contribution >= 0.6 is 11.3 Å². The Morgan fingerprint density at radius 3 is 2.75 bits per heavy atom. The molecule has 4 N–H and O–H groups in total. The average molecular weight is 454 g/mol. The van der Waals surface area contributed by atoms with Gasteiger partial charge in [0.25, 0.3) is 5.91 Å². The molecule has 0 radical (unpaired) electrons. The van der Waals surface area contributed by atoms with Gasteiger partial charge < -0.3 is 15.6 Å². The highest BCUT2D eigenvalue weighted by Crippen LogP contribution is 2.29. The van der Waals surface area contributed by atoms with Gasteiger partial charge in [0, 0.05) is 0 Å². The van der Waals surface area contributed by atoms with Gasteiger partial charge in [-0.15, -0.1) is 16.4 Å². The van der Waals surface area contributed by atoms with E-state index in [1.165, 1.54) is 22.2 Å². The van der Waals surface area contributed by atoms with Gasteiger partial charge in [-0.3, -0.25) is 4.79 Å². The molecule has 0 aliphatic heterocycles. The van der Waals surface area contributed by atoms with Gasteiger partial charge in [-0.1, -0.05) is 11.3 Å². The SMILES string of the molecule is Nc1nonc1-n1nnc(C(=O)N/N=C/c2ccc(OCC(=O)O)cc2)c1-c1cccs1. The number of benzene rings is 1. The van der Waals surface area contributed by atoms with Crippen molar-refractivity contribution in [3.05, 3.63) is 53.0 Å². The number of nitrogens with two attached hydrogens (primary N) is 1. The molecule has 1 amide bonds. The lowest BCUT2D eigenvalue weighted by atomic mass is 10.2. The van der Waals surface area contributed by atoms with Gasteiger partial charge >= 0.3 is 5.97 Å². The smallest absolute Gasteiger partial charge is 0.341 e. The first-order valence-corrected chi connectivity index (χ1v) is 9.77. The van der Waals surface area contributed by atoms with Gasteiger partial charge in [-0.05, 0) is 51.6 Å². The minimum absolute atomic E-state index is 0.00409. The lowest BCUT2D eigenvalue weighted by Crippen LogP contribution is -2.19. The van der Waals surface area contributed by atoms with Gasteiger partial charge in [0.2, 0.25) is 11.6 Å². The number of rotatable bonds is 8. The van der Waals surface area contributed by atoms with E-state index in [-0.39, 0.29) is 17.3 Å². The first kappa shape index (κ1) is 20.7. The van der Waals surface area contributed by atoms with E-state index in [1.54, 1.807) is 30.3 Å². The van der Waals surface area contributed by atoms with Crippen LogP contribution in [0.5, 0.6) is 5.75 Å². The third kappa shape index (κ3) is 4.44. The maximum Gasteiger partial charge on any atom is 0.341 e. The number of nitrogens with one attached hydrogen (secondary N) is 1. The van der Waals surface area contributed by atoms with E-state index >= 15 is 0 Å². The molecule has 3 aromatic heterocycles. The van der Waals surface area contributed by atoms with Crippen molar-refractivity contribution in [1.29, 1.82) is 0 Å². The number of carboxylic acid groups (broad SMARTS) is 1. The van der Waals surface area contributed by atoms with Crippen LogP contribution in [-0.2, 0) is 4.79 Å². The summed E-state index contributed by atoms with van der Waals surface area (Å²) < 4.78 is 10.9. The molecule has 14 heteroatoms. The van der Waals surface area contributed by atoms with E-state index in [1.807, 2.05) is 11.4 Å². The Balaban J connectivity index is 1.51. The Labute approximate surface area is 183 Å². The number of hydrogen-bond donors (Lipinski definition) is 3. The molecule has 0 spiro atoms. The van der Waals surface area contributed by atoms with E-state index in [4.69, 9.17) is 15.6 Å². The Hall–Kier alpha value is -4.59. The van der Waals surface area contributed by atoms with E-state index in [0.29, 0.717) is 21.9 Å². The zero-order chi connectivity index (χ0) is 22.5. The largest absolute Gasteiger partial charge is 0.482 e. The molecule has 0 aliphatic rings. The Morgan fingerprint density at radius 1 is 1.28 bits per heavy atom. The number of carbonyl (C=O) groups is 2. The van der Waals surface area contributed by atoms with Gasteiger partial charge in [0.05, 0.1) is 11.1 Å². The number of carbonyl (C=O) groups excluding carboxylic acids is 1. The molecule has 4 rings (SSSR count). The van der Waals surface area contributed by atoms with E-state index in [2.05, 4.69) is 35.8 Å². The van der Waals surface area contributed by atoms with Crippen LogP contribution in [0, 0.1) is 0 Å². The van der Waals surface area contributed by atoms with Gasteiger partial charge in [0.1, 0.15) is 11.4 Å². The number of anilines is 1. The fraction of sp³-hybridized carbons (Fsp3) is 0.0556. The van der Waals surface area contributed by atoms with Gasteiger partial charge in [-0.25, -0.2) is 14.8 Å². The molecular weight excluding hydrogens is 440 g/mol. The number of aromatic nitrogens is 5. The predicted molar refractivity (Wildman–Crippen MR) is 112 cm³/mol. The summed E-state index contributed by atoms with van der Waals surface area (Å²) >= 11 is 1.37.